The number of aliphatic hydroxyl groups is 1. The Morgan fingerprint density at radius 3 is 2.45 bits per heavy atom. The second-order valence-electron chi connectivity index (χ2n) is 5.52. The molecule has 0 aliphatic heterocycles. The molecule has 3 N–H and O–H groups in total. The van der Waals surface area contributed by atoms with Gasteiger partial charge in [-0.05, 0) is 31.0 Å². The first-order chi connectivity index (χ1) is 10.4. The smallest absolute Gasteiger partial charge is 0.251 e. The molecule has 0 bridgehead atoms. The fourth-order valence-corrected chi connectivity index (χ4v) is 2.73. The minimum Gasteiger partial charge on any atom is -0.388 e. The van der Waals surface area contributed by atoms with Gasteiger partial charge < -0.3 is 15.7 Å². The molecule has 1 aliphatic carbocycles. The highest BCUT2D eigenvalue weighted by atomic mass is 35.5. The van der Waals surface area contributed by atoms with Gasteiger partial charge in [0.05, 0.1) is 22.2 Å². The summed E-state index contributed by atoms with van der Waals surface area (Å²) < 4.78 is 0. The van der Waals surface area contributed by atoms with E-state index >= 15 is 0 Å². The topological polar surface area (TPSA) is 78.4 Å². The SMILES string of the molecule is O=C(CNC(=O)c1ccc(Cl)c(Cl)c1)NCC1(O)CCCC1. The molecule has 1 saturated carbocycles. The Morgan fingerprint density at radius 2 is 1.82 bits per heavy atom. The molecule has 0 aromatic heterocycles. The van der Waals surface area contributed by atoms with E-state index in [4.69, 9.17) is 23.2 Å². The fourth-order valence-electron chi connectivity index (χ4n) is 2.44. The third kappa shape index (κ3) is 4.60. The Kier molecular flexibility index (Phi) is 5.67. The van der Waals surface area contributed by atoms with Gasteiger partial charge in [0.2, 0.25) is 5.91 Å². The lowest BCUT2D eigenvalue weighted by molar-refractivity contribution is -0.121. The molecule has 1 aromatic rings. The quantitative estimate of drug-likeness (QED) is 0.765. The van der Waals surface area contributed by atoms with E-state index in [9.17, 15) is 14.7 Å². The number of amides is 2. The summed E-state index contributed by atoms with van der Waals surface area (Å²) in [6.45, 7) is 0.0592. The molecule has 0 heterocycles. The predicted molar refractivity (Wildman–Crippen MR) is 85.2 cm³/mol. The van der Waals surface area contributed by atoms with E-state index in [0.717, 1.165) is 12.8 Å². The number of benzene rings is 1. The molecule has 5 nitrogen and oxygen atoms in total. The van der Waals surface area contributed by atoms with E-state index in [1.807, 2.05) is 0 Å². The van der Waals surface area contributed by atoms with E-state index < -0.39 is 11.5 Å². The molecule has 0 atom stereocenters. The summed E-state index contributed by atoms with van der Waals surface area (Å²) in [5, 5.41) is 15.9. The molecule has 22 heavy (non-hydrogen) atoms. The normalized spacial score (nSPS) is 16.3. The third-order valence-electron chi connectivity index (χ3n) is 3.74. The molecule has 0 saturated heterocycles. The Hall–Kier alpha value is -1.30. The number of carbonyl (C=O) groups is 2. The van der Waals surface area contributed by atoms with Gasteiger partial charge in [-0.2, -0.15) is 0 Å². The summed E-state index contributed by atoms with van der Waals surface area (Å²) in [5.74, 6) is -0.748. The van der Waals surface area contributed by atoms with Crippen LogP contribution in [-0.2, 0) is 4.79 Å². The number of hydrogen-bond donors (Lipinski definition) is 3. The van der Waals surface area contributed by atoms with E-state index in [1.54, 1.807) is 0 Å². The number of carbonyl (C=O) groups excluding carboxylic acids is 2. The minimum absolute atomic E-state index is 0.158. The zero-order chi connectivity index (χ0) is 16.2. The highest BCUT2D eigenvalue weighted by Gasteiger charge is 2.31. The van der Waals surface area contributed by atoms with Gasteiger partial charge >= 0.3 is 0 Å². The lowest BCUT2D eigenvalue weighted by Crippen LogP contribution is -2.44. The molecule has 120 valence electrons. The van der Waals surface area contributed by atoms with Gasteiger partial charge in [-0.15, -0.1) is 0 Å². The lowest BCUT2D eigenvalue weighted by Gasteiger charge is -2.22. The van der Waals surface area contributed by atoms with Crippen LogP contribution < -0.4 is 10.6 Å². The molecule has 1 aromatic carbocycles. The van der Waals surface area contributed by atoms with Crippen LogP contribution in [0.25, 0.3) is 0 Å². The molecule has 2 amide bonds. The van der Waals surface area contributed by atoms with Crippen LogP contribution in [-0.4, -0.2) is 35.6 Å². The molecule has 0 radical (unpaired) electrons. The first kappa shape index (κ1) is 17.1. The molecular formula is C15H18Cl2N2O3. The monoisotopic (exact) mass is 344 g/mol. The molecule has 2 rings (SSSR count). The van der Waals surface area contributed by atoms with Crippen molar-refractivity contribution in [2.24, 2.45) is 0 Å². The summed E-state index contributed by atoms with van der Waals surface area (Å²) in [6, 6.07) is 4.50. The second kappa shape index (κ2) is 7.31. The van der Waals surface area contributed by atoms with Crippen LogP contribution in [0, 0.1) is 0 Å². The number of nitrogens with one attached hydrogen (secondary N) is 2. The fraction of sp³-hybridized carbons (Fsp3) is 0.467. The zero-order valence-corrected chi connectivity index (χ0v) is 13.5. The van der Waals surface area contributed by atoms with Crippen LogP contribution in [0.4, 0.5) is 0 Å². The number of rotatable bonds is 5. The van der Waals surface area contributed by atoms with Gasteiger partial charge in [-0.1, -0.05) is 36.0 Å². The van der Waals surface area contributed by atoms with Crippen molar-refractivity contribution in [2.45, 2.75) is 31.3 Å². The Labute approximate surface area is 139 Å². The lowest BCUT2D eigenvalue weighted by atomic mass is 10.0. The maximum absolute atomic E-state index is 11.9. The first-order valence-corrected chi connectivity index (χ1v) is 7.88. The Morgan fingerprint density at radius 1 is 1.14 bits per heavy atom. The van der Waals surface area contributed by atoms with Crippen molar-refractivity contribution in [1.82, 2.24) is 10.6 Å². The Balaban J connectivity index is 1.78. The van der Waals surface area contributed by atoms with Gasteiger partial charge in [0.25, 0.3) is 5.91 Å². The van der Waals surface area contributed by atoms with Crippen LogP contribution in [0.15, 0.2) is 18.2 Å². The van der Waals surface area contributed by atoms with Gasteiger partial charge in [0.1, 0.15) is 0 Å². The van der Waals surface area contributed by atoms with E-state index in [0.29, 0.717) is 23.4 Å². The van der Waals surface area contributed by atoms with Gasteiger partial charge in [-0.3, -0.25) is 9.59 Å². The van der Waals surface area contributed by atoms with E-state index in [1.165, 1.54) is 18.2 Å². The third-order valence-corrected chi connectivity index (χ3v) is 4.48. The highest BCUT2D eigenvalue weighted by molar-refractivity contribution is 6.42. The molecule has 1 fully saturated rings. The summed E-state index contributed by atoms with van der Waals surface area (Å²) in [6.07, 6.45) is 3.34. The maximum Gasteiger partial charge on any atom is 0.251 e. The largest absolute Gasteiger partial charge is 0.388 e. The summed E-state index contributed by atoms with van der Waals surface area (Å²) in [5.41, 5.74) is -0.472. The summed E-state index contributed by atoms with van der Waals surface area (Å²) in [4.78, 5) is 23.6. The van der Waals surface area contributed by atoms with Crippen molar-refractivity contribution in [3.05, 3.63) is 33.8 Å². The average molecular weight is 345 g/mol. The average Bonchev–Trinajstić information content (AvgIpc) is 2.93. The number of halogens is 2. The first-order valence-electron chi connectivity index (χ1n) is 7.12. The van der Waals surface area contributed by atoms with E-state index in [-0.39, 0.29) is 24.0 Å². The molecule has 7 heteroatoms. The van der Waals surface area contributed by atoms with Crippen LogP contribution >= 0.6 is 23.2 Å². The van der Waals surface area contributed by atoms with Gasteiger partial charge in [0, 0.05) is 12.1 Å². The maximum atomic E-state index is 11.9. The molecule has 1 aliphatic rings. The van der Waals surface area contributed by atoms with Crippen molar-refractivity contribution in [2.75, 3.05) is 13.1 Å². The van der Waals surface area contributed by atoms with Crippen LogP contribution in [0.3, 0.4) is 0 Å². The van der Waals surface area contributed by atoms with Gasteiger partial charge in [0.15, 0.2) is 0 Å². The summed E-state index contributed by atoms with van der Waals surface area (Å²) in [7, 11) is 0. The number of hydrogen-bond acceptors (Lipinski definition) is 3. The Bertz CT molecular complexity index is 572. The minimum atomic E-state index is -0.802. The van der Waals surface area contributed by atoms with Crippen LogP contribution in [0.1, 0.15) is 36.0 Å². The second-order valence-corrected chi connectivity index (χ2v) is 6.33. The highest BCUT2D eigenvalue weighted by Crippen LogP contribution is 2.28. The van der Waals surface area contributed by atoms with E-state index in [2.05, 4.69) is 10.6 Å². The van der Waals surface area contributed by atoms with Crippen molar-refractivity contribution in [1.29, 1.82) is 0 Å². The zero-order valence-electron chi connectivity index (χ0n) is 12.0. The van der Waals surface area contributed by atoms with Gasteiger partial charge in [-0.25, -0.2) is 0 Å². The van der Waals surface area contributed by atoms with Crippen LogP contribution in [0.5, 0.6) is 0 Å². The predicted octanol–water partition coefficient (Wildman–Crippen LogP) is 2.14. The van der Waals surface area contributed by atoms with Crippen molar-refractivity contribution < 1.29 is 14.7 Å². The molecule has 0 spiro atoms. The summed E-state index contributed by atoms with van der Waals surface area (Å²) >= 11 is 11.6. The van der Waals surface area contributed by atoms with Crippen molar-refractivity contribution in [3.8, 4) is 0 Å². The standard InChI is InChI=1S/C15H18Cl2N2O3/c16-11-4-3-10(7-12(11)17)14(21)18-8-13(20)19-9-15(22)5-1-2-6-15/h3-4,7,22H,1-2,5-6,8-9H2,(H,18,21)(H,19,20). The molecule has 0 unspecified atom stereocenters. The van der Waals surface area contributed by atoms with Crippen molar-refractivity contribution in [3.63, 3.8) is 0 Å². The molecular weight excluding hydrogens is 327 g/mol. The van der Waals surface area contributed by atoms with Crippen molar-refractivity contribution >= 4 is 35.0 Å². The van der Waals surface area contributed by atoms with Crippen LogP contribution in [0.2, 0.25) is 10.0 Å².